The Morgan fingerprint density at radius 2 is 2.05 bits per heavy atom. The second kappa shape index (κ2) is 7.47. The minimum atomic E-state index is 0.102. The Bertz CT molecular complexity index is 477. The highest BCUT2D eigenvalue weighted by molar-refractivity contribution is 5.29. The fraction of sp³-hybridized carbons (Fsp3) is 0.611. The number of nitrogens with one attached hydrogen (secondary N) is 1. The normalized spacial score (nSPS) is 26.3. The average molecular weight is 286 g/mol. The fourth-order valence-electron chi connectivity index (χ4n) is 3.44. The first-order chi connectivity index (χ1) is 10.2. The van der Waals surface area contributed by atoms with Crippen LogP contribution in [0.15, 0.2) is 24.3 Å². The summed E-state index contributed by atoms with van der Waals surface area (Å²) < 4.78 is 5.29. The Labute approximate surface area is 128 Å². The van der Waals surface area contributed by atoms with Gasteiger partial charge in [-0.1, -0.05) is 32.4 Å². The monoisotopic (exact) mass is 286 g/mol. The molecule has 1 aliphatic rings. The van der Waals surface area contributed by atoms with Gasteiger partial charge in [-0.05, 0) is 49.3 Å². The number of hydrogen-bond donors (Lipinski definition) is 1. The van der Waals surface area contributed by atoms with Crippen molar-refractivity contribution in [3.8, 4) is 11.8 Å². The Balaban J connectivity index is 1.91. The molecular formula is C18H26N2O. The van der Waals surface area contributed by atoms with Gasteiger partial charge in [-0.25, -0.2) is 0 Å². The van der Waals surface area contributed by atoms with Gasteiger partial charge in [-0.15, -0.1) is 0 Å². The van der Waals surface area contributed by atoms with Crippen LogP contribution in [0.5, 0.6) is 5.75 Å². The molecule has 0 saturated heterocycles. The van der Waals surface area contributed by atoms with Crippen molar-refractivity contribution in [2.24, 2.45) is 11.8 Å². The quantitative estimate of drug-likeness (QED) is 0.857. The van der Waals surface area contributed by atoms with Crippen molar-refractivity contribution in [3.63, 3.8) is 0 Å². The molecule has 3 nitrogen and oxygen atoms in total. The maximum atomic E-state index is 8.51. The van der Waals surface area contributed by atoms with Gasteiger partial charge in [-0.3, -0.25) is 0 Å². The van der Waals surface area contributed by atoms with Crippen molar-refractivity contribution in [1.82, 2.24) is 5.32 Å². The summed E-state index contributed by atoms with van der Waals surface area (Å²) in [6.07, 6.45) is 3.93. The van der Waals surface area contributed by atoms with E-state index in [-0.39, 0.29) is 6.61 Å². The molecule has 1 N–H and O–H groups in total. The molecule has 2 rings (SSSR count). The van der Waals surface area contributed by atoms with Crippen molar-refractivity contribution < 1.29 is 4.74 Å². The van der Waals surface area contributed by atoms with Crippen molar-refractivity contribution >= 4 is 0 Å². The highest BCUT2D eigenvalue weighted by Gasteiger charge is 2.32. The SMILES string of the molecule is CCC1CCC(NC(C)c2ccc(OCC#N)cc2)C1C. The molecule has 4 unspecified atom stereocenters. The third-order valence-electron chi connectivity index (χ3n) is 4.90. The molecule has 0 amide bonds. The molecule has 0 spiro atoms. The lowest BCUT2D eigenvalue weighted by atomic mass is 9.93. The summed E-state index contributed by atoms with van der Waals surface area (Å²) in [7, 11) is 0. The van der Waals surface area contributed by atoms with Crippen molar-refractivity contribution in [2.75, 3.05) is 6.61 Å². The molecule has 3 heteroatoms. The van der Waals surface area contributed by atoms with Gasteiger partial charge in [0.15, 0.2) is 6.61 Å². The van der Waals surface area contributed by atoms with Crippen LogP contribution in [0.3, 0.4) is 0 Å². The third-order valence-corrected chi connectivity index (χ3v) is 4.90. The van der Waals surface area contributed by atoms with Crippen molar-refractivity contribution in [2.45, 2.75) is 52.1 Å². The van der Waals surface area contributed by atoms with E-state index >= 15 is 0 Å². The molecule has 21 heavy (non-hydrogen) atoms. The van der Waals surface area contributed by atoms with Crippen LogP contribution in [0.25, 0.3) is 0 Å². The van der Waals surface area contributed by atoms with Gasteiger partial charge in [0.05, 0.1) is 0 Å². The Morgan fingerprint density at radius 1 is 1.33 bits per heavy atom. The summed E-state index contributed by atoms with van der Waals surface area (Å²) in [5.74, 6) is 2.39. The van der Waals surface area contributed by atoms with E-state index < -0.39 is 0 Å². The number of ether oxygens (including phenoxy) is 1. The van der Waals surface area contributed by atoms with Crippen LogP contribution in [-0.2, 0) is 0 Å². The summed E-state index contributed by atoms with van der Waals surface area (Å²) in [4.78, 5) is 0. The number of rotatable bonds is 6. The van der Waals surface area contributed by atoms with Gasteiger partial charge in [0.1, 0.15) is 11.8 Å². The molecule has 0 heterocycles. The molecule has 0 aliphatic heterocycles. The number of benzene rings is 1. The van der Waals surface area contributed by atoms with Crippen LogP contribution < -0.4 is 10.1 Å². The summed E-state index contributed by atoms with van der Waals surface area (Å²) in [6.45, 7) is 7.00. The van der Waals surface area contributed by atoms with Crippen LogP contribution in [0, 0.1) is 23.2 Å². The lowest BCUT2D eigenvalue weighted by Crippen LogP contribution is -2.34. The van der Waals surface area contributed by atoms with E-state index in [1.807, 2.05) is 18.2 Å². The average Bonchev–Trinajstić information content (AvgIpc) is 2.86. The Kier molecular flexibility index (Phi) is 5.64. The number of nitrogens with zero attached hydrogens (tertiary/aromatic N) is 1. The first kappa shape index (κ1) is 15.9. The van der Waals surface area contributed by atoms with E-state index in [0.717, 1.165) is 17.6 Å². The van der Waals surface area contributed by atoms with E-state index in [0.29, 0.717) is 12.1 Å². The van der Waals surface area contributed by atoms with E-state index in [2.05, 4.69) is 38.2 Å². The molecule has 1 aliphatic carbocycles. The molecule has 1 saturated carbocycles. The molecule has 0 radical (unpaired) electrons. The first-order valence-electron chi connectivity index (χ1n) is 8.01. The first-order valence-corrected chi connectivity index (χ1v) is 8.01. The lowest BCUT2D eigenvalue weighted by Gasteiger charge is -2.25. The number of hydrogen-bond acceptors (Lipinski definition) is 3. The predicted molar refractivity (Wildman–Crippen MR) is 85.1 cm³/mol. The minimum Gasteiger partial charge on any atom is -0.479 e. The predicted octanol–water partition coefficient (Wildman–Crippen LogP) is 4.06. The van der Waals surface area contributed by atoms with Crippen LogP contribution in [-0.4, -0.2) is 12.6 Å². The zero-order chi connectivity index (χ0) is 15.2. The molecule has 0 bridgehead atoms. The Morgan fingerprint density at radius 3 is 2.62 bits per heavy atom. The van der Waals surface area contributed by atoms with Gasteiger partial charge in [0, 0.05) is 12.1 Å². The molecule has 114 valence electrons. The summed E-state index contributed by atoms with van der Waals surface area (Å²) in [5, 5.41) is 12.3. The zero-order valence-electron chi connectivity index (χ0n) is 13.3. The van der Waals surface area contributed by atoms with Gasteiger partial charge in [0.25, 0.3) is 0 Å². The molecule has 1 aromatic carbocycles. The molecule has 4 atom stereocenters. The maximum absolute atomic E-state index is 8.51. The largest absolute Gasteiger partial charge is 0.479 e. The molecular weight excluding hydrogens is 260 g/mol. The highest BCUT2D eigenvalue weighted by Crippen LogP contribution is 2.35. The van der Waals surface area contributed by atoms with E-state index in [1.165, 1.54) is 24.8 Å². The summed E-state index contributed by atoms with van der Waals surface area (Å²) >= 11 is 0. The summed E-state index contributed by atoms with van der Waals surface area (Å²) in [5.41, 5.74) is 1.27. The second-order valence-electron chi connectivity index (χ2n) is 6.12. The highest BCUT2D eigenvalue weighted by atomic mass is 16.5. The number of nitriles is 1. The second-order valence-corrected chi connectivity index (χ2v) is 6.12. The van der Waals surface area contributed by atoms with Crippen LogP contribution in [0.1, 0.15) is 51.6 Å². The van der Waals surface area contributed by atoms with Gasteiger partial charge in [-0.2, -0.15) is 5.26 Å². The van der Waals surface area contributed by atoms with E-state index in [1.54, 1.807) is 0 Å². The van der Waals surface area contributed by atoms with Crippen LogP contribution in [0.4, 0.5) is 0 Å². The standard InChI is InChI=1S/C18H26N2O/c1-4-15-7-10-18(13(15)2)20-14(3)16-5-8-17(9-6-16)21-12-11-19/h5-6,8-9,13-15,18,20H,4,7,10,12H2,1-3H3. The van der Waals surface area contributed by atoms with E-state index in [4.69, 9.17) is 10.00 Å². The third kappa shape index (κ3) is 3.98. The van der Waals surface area contributed by atoms with E-state index in [9.17, 15) is 0 Å². The lowest BCUT2D eigenvalue weighted by molar-refractivity contribution is 0.327. The van der Waals surface area contributed by atoms with Crippen LogP contribution >= 0.6 is 0 Å². The smallest absolute Gasteiger partial charge is 0.174 e. The minimum absolute atomic E-state index is 0.102. The van der Waals surface area contributed by atoms with Gasteiger partial charge >= 0.3 is 0 Å². The molecule has 0 aromatic heterocycles. The van der Waals surface area contributed by atoms with Gasteiger partial charge < -0.3 is 10.1 Å². The summed E-state index contributed by atoms with van der Waals surface area (Å²) in [6, 6.07) is 11.0. The van der Waals surface area contributed by atoms with Crippen molar-refractivity contribution in [1.29, 1.82) is 5.26 Å². The maximum Gasteiger partial charge on any atom is 0.174 e. The van der Waals surface area contributed by atoms with Crippen molar-refractivity contribution in [3.05, 3.63) is 29.8 Å². The zero-order valence-corrected chi connectivity index (χ0v) is 13.3. The molecule has 1 fully saturated rings. The fourth-order valence-corrected chi connectivity index (χ4v) is 3.44. The van der Waals surface area contributed by atoms with Gasteiger partial charge in [0.2, 0.25) is 0 Å². The molecule has 1 aromatic rings. The topological polar surface area (TPSA) is 45.0 Å². The van der Waals surface area contributed by atoms with Crippen LogP contribution in [0.2, 0.25) is 0 Å². The Hall–Kier alpha value is -1.53.